The van der Waals surface area contributed by atoms with Gasteiger partial charge in [-0.3, -0.25) is 4.90 Å². The van der Waals surface area contributed by atoms with Gasteiger partial charge in [-0.1, -0.05) is 6.07 Å². The van der Waals surface area contributed by atoms with Gasteiger partial charge in [-0.2, -0.15) is 4.31 Å². The van der Waals surface area contributed by atoms with Gasteiger partial charge in [0, 0.05) is 37.7 Å². The third kappa shape index (κ3) is 4.25. The number of hydrogen-bond acceptors (Lipinski definition) is 5. The molecule has 0 unspecified atom stereocenters. The number of nitrogens with zero attached hydrogens (tertiary/aromatic N) is 2. The molecule has 2 bridgehead atoms. The van der Waals surface area contributed by atoms with Crippen molar-refractivity contribution in [1.82, 2.24) is 9.21 Å². The summed E-state index contributed by atoms with van der Waals surface area (Å²) in [6.45, 7) is 2.11. The first-order valence-electron chi connectivity index (χ1n) is 7.79. The van der Waals surface area contributed by atoms with E-state index in [-0.39, 0.29) is 29.9 Å². The minimum absolute atomic E-state index is 0.0156. The molecule has 2 saturated heterocycles. The second kappa shape index (κ2) is 6.75. The molecule has 0 spiro atoms. The molecule has 10 heteroatoms. The van der Waals surface area contributed by atoms with E-state index < -0.39 is 22.1 Å². The van der Waals surface area contributed by atoms with Crippen molar-refractivity contribution in [2.24, 2.45) is 5.92 Å². The fourth-order valence-electron chi connectivity index (χ4n) is 3.18. The third-order valence-electron chi connectivity index (χ3n) is 4.39. The van der Waals surface area contributed by atoms with Crippen molar-refractivity contribution in [1.29, 1.82) is 0 Å². The maximum absolute atomic E-state index is 12.9. The average molecular weight is 380 g/mol. The van der Waals surface area contributed by atoms with Crippen LogP contribution in [0.2, 0.25) is 0 Å². The van der Waals surface area contributed by atoms with Crippen molar-refractivity contribution in [2.75, 3.05) is 39.9 Å². The maximum atomic E-state index is 12.9. The summed E-state index contributed by atoms with van der Waals surface area (Å²) in [5, 5.41) is 0. The Morgan fingerprint density at radius 1 is 1.20 bits per heavy atom. The molecule has 3 rings (SSSR count). The Bertz CT molecular complexity index is 726. The van der Waals surface area contributed by atoms with Crippen LogP contribution in [0.5, 0.6) is 5.75 Å². The molecular formula is C15H19F3N2O4S. The van der Waals surface area contributed by atoms with E-state index in [0.717, 1.165) is 12.1 Å². The van der Waals surface area contributed by atoms with Gasteiger partial charge in [0.1, 0.15) is 5.75 Å². The van der Waals surface area contributed by atoms with E-state index in [9.17, 15) is 21.6 Å². The molecule has 2 aliphatic heterocycles. The fourth-order valence-corrected chi connectivity index (χ4v) is 4.77. The molecule has 0 N–H and O–H groups in total. The van der Waals surface area contributed by atoms with E-state index in [1.54, 1.807) is 0 Å². The molecule has 25 heavy (non-hydrogen) atoms. The Kier molecular flexibility index (Phi) is 4.97. The van der Waals surface area contributed by atoms with Crippen LogP contribution >= 0.6 is 0 Å². The van der Waals surface area contributed by atoms with Crippen LogP contribution in [0.1, 0.15) is 0 Å². The summed E-state index contributed by atoms with van der Waals surface area (Å²) in [5.74, 6) is -0.536. The number of benzene rings is 1. The lowest BCUT2D eigenvalue weighted by atomic mass is 10.1. The van der Waals surface area contributed by atoms with Gasteiger partial charge >= 0.3 is 6.36 Å². The summed E-state index contributed by atoms with van der Waals surface area (Å²) in [7, 11) is -2.01. The van der Waals surface area contributed by atoms with Crippen LogP contribution in [0.15, 0.2) is 29.2 Å². The van der Waals surface area contributed by atoms with E-state index in [0.29, 0.717) is 19.8 Å². The van der Waals surface area contributed by atoms with Crippen molar-refractivity contribution < 1.29 is 31.1 Å². The summed E-state index contributed by atoms with van der Waals surface area (Å²) >= 11 is 0. The Balaban J connectivity index is 1.87. The van der Waals surface area contributed by atoms with Crippen LogP contribution in [0.25, 0.3) is 0 Å². The Hall–Kier alpha value is -1.36. The highest BCUT2D eigenvalue weighted by atomic mass is 32.2. The van der Waals surface area contributed by atoms with E-state index in [2.05, 4.69) is 9.64 Å². The van der Waals surface area contributed by atoms with Gasteiger partial charge in [0.25, 0.3) is 0 Å². The quantitative estimate of drug-likeness (QED) is 0.796. The first kappa shape index (κ1) is 18.4. The first-order chi connectivity index (χ1) is 11.6. The largest absolute Gasteiger partial charge is 0.573 e. The van der Waals surface area contributed by atoms with Gasteiger partial charge in [-0.25, -0.2) is 8.42 Å². The van der Waals surface area contributed by atoms with Gasteiger partial charge in [-0.05, 0) is 19.2 Å². The van der Waals surface area contributed by atoms with E-state index in [1.165, 1.54) is 16.4 Å². The average Bonchev–Trinajstić information content (AvgIpc) is 2.74. The number of halogens is 3. The van der Waals surface area contributed by atoms with Crippen LogP contribution in [0.3, 0.4) is 0 Å². The molecule has 0 aliphatic carbocycles. The molecule has 0 radical (unpaired) electrons. The van der Waals surface area contributed by atoms with Crippen molar-refractivity contribution in [3.8, 4) is 5.75 Å². The highest BCUT2D eigenvalue weighted by molar-refractivity contribution is 7.89. The lowest BCUT2D eigenvalue weighted by Crippen LogP contribution is -2.44. The summed E-state index contributed by atoms with van der Waals surface area (Å²) in [4.78, 5) is 1.86. The van der Waals surface area contributed by atoms with Gasteiger partial charge < -0.3 is 9.47 Å². The summed E-state index contributed by atoms with van der Waals surface area (Å²) in [5.41, 5.74) is 0. The molecule has 0 amide bonds. The van der Waals surface area contributed by atoms with Crippen LogP contribution in [0, 0.1) is 5.92 Å². The topological polar surface area (TPSA) is 59.1 Å². The zero-order chi connectivity index (χ0) is 18.2. The highest BCUT2D eigenvalue weighted by Crippen LogP contribution is 2.28. The molecule has 1 aromatic carbocycles. The van der Waals surface area contributed by atoms with E-state index in [4.69, 9.17) is 4.74 Å². The zero-order valence-corrected chi connectivity index (χ0v) is 14.4. The number of fused-ring (bicyclic) bond motifs is 3. The molecular weight excluding hydrogens is 361 g/mol. The monoisotopic (exact) mass is 380 g/mol. The molecule has 0 aromatic heterocycles. The number of rotatable bonds is 3. The summed E-state index contributed by atoms with van der Waals surface area (Å²) in [6.07, 6.45) is -4.87. The third-order valence-corrected chi connectivity index (χ3v) is 6.21. The zero-order valence-electron chi connectivity index (χ0n) is 13.6. The Labute approximate surface area is 144 Å². The van der Waals surface area contributed by atoms with E-state index in [1.807, 2.05) is 7.05 Å². The minimum Gasteiger partial charge on any atom is -0.406 e. The lowest BCUT2D eigenvalue weighted by molar-refractivity contribution is -0.274. The molecule has 0 saturated carbocycles. The predicted octanol–water partition coefficient (Wildman–Crippen LogP) is 1.54. The Morgan fingerprint density at radius 2 is 1.96 bits per heavy atom. The predicted molar refractivity (Wildman–Crippen MR) is 82.6 cm³/mol. The number of hydrogen-bond donors (Lipinski definition) is 0. The highest BCUT2D eigenvalue weighted by Gasteiger charge is 2.37. The summed E-state index contributed by atoms with van der Waals surface area (Å²) in [6, 6.07) is 4.41. The molecule has 1 aromatic rings. The number of alkyl halides is 3. The van der Waals surface area contributed by atoms with Gasteiger partial charge in [0.15, 0.2) is 0 Å². The molecule has 2 fully saturated rings. The molecule has 2 aliphatic rings. The SMILES string of the molecule is CN1C[C@H]2COC[C@@H]1CN(S(=O)(=O)c1cccc(OC(F)(F)F)c1)C2. The Morgan fingerprint density at radius 3 is 2.68 bits per heavy atom. The van der Waals surface area contributed by atoms with Crippen molar-refractivity contribution in [3.05, 3.63) is 24.3 Å². The van der Waals surface area contributed by atoms with Crippen LogP contribution in [-0.2, 0) is 14.8 Å². The van der Waals surface area contributed by atoms with E-state index >= 15 is 0 Å². The van der Waals surface area contributed by atoms with Gasteiger partial charge in [0.2, 0.25) is 10.0 Å². The second-order valence-corrected chi connectivity index (χ2v) is 8.28. The smallest absolute Gasteiger partial charge is 0.406 e. The molecule has 6 nitrogen and oxygen atoms in total. The van der Waals surface area contributed by atoms with Gasteiger partial charge in [0.05, 0.1) is 18.1 Å². The number of sulfonamides is 1. The molecule has 2 heterocycles. The van der Waals surface area contributed by atoms with Crippen LogP contribution in [0.4, 0.5) is 13.2 Å². The van der Waals surface area contributed by atoms with Crippen molar-refractivity contribution in [2.45, 2.75) is 17.3 Å². The van der Waals surface area contributed by atoms with Crippen LogP contribution < -0.4 is 4.74 Å². The first-order valence-corrected chi connectivity index (χ1v) is 9.23. The maximum Gasteiger partial charge on any atom is 0.573 e. The minimum atomic E-state index is -4.87. The standard InChI is InChI=1S/C15H19F3N2O4S/c1-19-6-11-7-20(8-12(19)10-23-9-11)25(21,22)14-4-2-3-13(5-14)24-15(16,17)18/h2-5,11-12H,6-10H2,1H3/t11-,12+/m1/s1. The molecule has 140 valence electrons. The summed E-state index contributed by atoms with van der Waals surface area (Å²) < 4.78 is 73.7. The fraction of sp³-hybridized carbons (Fsp3) is 0.600. The van der Waals surface area contributed by atoms with Crippen LogP contribution in [-0.4, -0.2) is 69.9 Å². The number of likely N-dealkylation sites (N-methyl/N-ethyl adjacent to an activating group) is 1. The van der Waals surface area contributed by atoms with Crippen molar-refractivity contribution >= 4 is 10.0 Å². The normalized spacial score (nSPS) is 26.2. The second-order valence-electron chi connectivity index (χ2n) is 6.34. The van der Waals surface area contributed by atoms with Crippen molar-refractivity contribution in [3.63, 3.8) is 0 Å². The number of ether oxygens (including phenoxy) is 2. The lowest BCUT2D eigenvalue weighted by Gasteiger charge is -2.29. The molecule has 2 atom stereocenters. The van der Waals surface area contributed by atoms with Gasteiger partial charge in [-0.15, -0.1) is 13.2 Å².